The Labute approximate surface area is 135 Å². The number of aromatic carboxylic acids is 1. The maximum absolute atomic E-state index is 12.4. The molecule has 0 radical (unpaired) electrons. The molecule has 0 aliphatic rings. The van der Waals surface area contributed by atoms with Gasteiger partial charge < -0.3 is 9.84 Å². The Hall–Kier alpha value is -2.83. The zero-order valence-electron chi connectivity index (χ0n) is 12.3. The van der Waals surface area contributed by atoms with E-state index in [2.05, 4.69) is 0 Å². The van der Waals surface area contributed by atoms with Gasteiger partial charge >= 0.3 is 12.1 Å². The highest BCUT2D eigenvalue weighted by Gasteiger charge is 2.30. The summed E-state index contributed by atoms with van der Waals surface area (Å²) < 4.78 is 42.4. The molecular weight excluding hydrogens is 325 g/mol. The van der Waals surface area contributed by atoms with Crippen molar-refractivity contribution in [1.82, 2.24) is 0 Å². The fraction of sp³-hybridized carbons (Fsp3) is 0.176. The summed E-state index contributed by atoms with van der Waals surface area (Å²) in [7, 11) is 0. The molecular formula is C17H13F3O4. The van der Waals surface area contributed by atoms with E-state index in [9.17, 15) is 22.8 Å². The minimum atomic E-state index is -4.43. The van der Waals surface area contributed by atoms with Gasteiger partial charge in [0.1, 0.15) is 12.4 Å². The lowest BCUT2D eigenvalue weighted by Crippen LogP contribution is -2.14. The van der Waals surface area contributed by atoms with E-state index >= 15 is 0 Å². The van der Waals surface area contributed by atoms with Crippen LogP contribution < -0.4 is 4.74 Å². The third-order valence-electron chi connectivity index (χ3n) is 3.16. The Balaban J connectivity index is 1.91. The van der Waals surface area contributed by atoms with Crippen LogP contribution in [0.2, 0.25) is 0 Å². The number of Topliss-reactive ketones (excluding diaryl/α,β-unsaturated/α-hetero) is 1. The zero-order chi connectivity index (χ0) is 17.7. The zero-order valence-corrected chi connectivity index (χ0v) is 12.3. The summed E-state index contributed by atoms with van der Waals surface area (Å²) in [6.45, 7) is -0.317. The molecule has 0 aliphatic heterocycles. The van der Waals surface area contributed by atoms with Gasteiger partial charge in [0, 0.05) is 6.42 Å². The summed E-state index contributed by atoms with van der Waals surface area (Å²) in [5, 5.41) is 8.89. The molecule has 0 saturated heterocycles. The number of hydrogen-bond acceptors (Lipinski definition) is 3. The van der Waals surface area contributed by atoms with Crippen LogP contribution in [0.15, 0.2) is 48.5 Å². The average molecular weight is 338 g/mol. The second-order valence-electron chi connectivity index (χ2n) is 5.03. The van der Waals surface area contributed by atoms with Gasteiger partial charge in [-0.15, -0.1) is 0 Å². The Bertz CT molecular complexity index is 736. The van der Waals surface area contributed by atoms with E-state index < -0.39 is 17.7 Å². The number of hydrogen-bond donors (Lipinski definition) is 1. The number of benzene rings is 2. The van der Waals surface area contributed by atoms with E-state index in [4.69, 9.17) is 9.84 Å². The van der Waals surface area contributed by atoms with Gasteiger partial charge in [0.05, 0.1) is 11.1 Å². The lowest BCUT2D eigenvalue weighted by Gasteiger charge is -2.09. The first kappa shape index (κ1) is 17.5. The maximum Gasteiger partial charge on any atom is 0.416 e. The van der Waals surface area contributed by atoms with E-state index in [1.165, 1.54) is 18.2 Å². The highest BCUT2D eigenvalue weighted by atomic mass is 19.4. The molecule has 2 aromatic rings. The number of carbonyl (C=O) groups excluding carboxylic acids is 1. The van der Waals surface area contributed by atoms with Gasteiger partial charge in [-0.2, -0.15) is 13.2 Å². The average Bonchev–Trinajstić information content (AvgIpc) is 2.53. The quantitative estimate of drug-likeness (QED) is 0.874. The molecule has 0 aromatic heterocycles. The van der Waals surface area contributed by atoms with Crippen molar-refractivity contribution in [3.05, 3.63) is 65.2 Å². The van der Waals surface area contributed by atoms with E-state index in [1.807, 2.05) is 0 Å². The van der Waals surface area contributed by atoms with Gasteiger partial charge in [0.15, 0.2) is 5.78 Å². The molecule has 0 fully saturated rings. The number of rotatable bonds is 6. The number of ether oxygens (including phenoxy) is 1. The Morgan fingerprint density at radius 3 is 2.29 bits per heavy atom. The fourth-order valence-corrected chi connectivity index (χ4v) is 2.00. The molecule has 2 aromatic carbocycles. The molecule has 0 bridgehead atoms. The van der Waals surface area contributed by atoms with Crippen molar-refractivity contribution in [2.45, 2.75) is 12.6 Å². The molecule has 0 aliphatic carbocycles. The topological polar surface area (TPSA) is 63.6 Å². The van der Waals surface area contributed by atoms with Crippen LogP contribution in [0.3, 0.4) is 0 Å². The molecule has 4 nitrogen and oxygen atoms in total. The second-order valence-corrected chi connectivity index (χ2v) is 5.03. The predicted molar refractivity (Wildman–Crippen MR) is 79.1 cm³/mol. The molecule has 24 heavy (non-hydrogen) atoms. The first-order chi connectivity index (χ1) is 11.3. The summed E-state index contributed by atoms with van der Waals surface area (Å²) in [5.41, 5.74) is -0.202. The molecule has 0 saturated carbocycles. The van der Waals surface area contributed by atoms with Crippen LogP contribution in [0, 0.1) is 0 Å². The molecule has 0 unspecified atom stereocenters. The molecule has 1 N–H and O–H groups in total. The highest BCUT2D eigenvalue weighted by Crippen LogP contribution is 2.30. The molecule has 126 valence electrons. The Morgan fingerprint density at radius 2 is 1.71 bits per heavy atom. The molecule has 0 heterocycles. The summed E-state index contributed by atoms with van der Waals surface area (Å²) in [6.07, 6.45) is -4.45. The first-order valence-electron chi connectivity index (χ1n) is 6.89. The fourth-order valence-electron chi connectivity index (χ4n) is 2.00. The largest absolute Gasteiger partial charge is 0.486 e. The third-order valence-corrected chi connectivity index (χ3v) is 3.16. The summed E-state index contributed by atoms with van der Waals surface area (Å²) >= 11 is 0. The van der Waals surface area contributed by atoms with Gasteiger partial charge in [0.2, 0.25) is 0 Å². The van der Waals surface area contributed by atoms with Gasteiger partial charge in [0.25, 0.3) is 0 Å². The number of carboxylic acid groups (broad SMARTS) is 1. The smallest absolute Gasteiger partial charge is 0.416 e. The number of halogens is 3. The lowest BCUT2D eigenvalue weighted by atomic mass is 10.1. The normalized spacial score (nSPS) is 11.1. The lowest BCUT2D eigenvalue weighted by molar-refractivity contribution is -0.137. The van der Waals surface area contributed by atoms with Crippen molar-refractivity contribution in [2.75, 3.05) is 6.61 Å². The van der Waals surface area contributed by atoms with Crippen LogP contribution in [-0.2, 0) is 17.4 Å². The number of carbonyl (C=O) groups is 2. The number of ketones is 1. The first-order valence-corrected chi connectivity index (χ1v) is 6.89. The molecule has 0 spiro atoms. The van der Waals surface area contributed by atoms with Crippen molar-refractivity contribution >= 4 is 11.8 Å². The van der Waals surface area contributed by atoms with Gasteiger partial charge in [-0.3, -0.25) is 4.79 Å². The summed E-state index contributed by atoms with van der Waals surface area (Å²) in [5.74, 6) is -1.27. The monoisotopic (exact) mass is 338 g/mol. The van der Waals surface area contributed by atoms with Crippen molar-refractivity contribution < 1.29 is 32.6 Å². The minimum absolute atomic E-state index is 0.0260. The summed E-state index contributed by atoms with van der Waals surface area (Å²) in [6, 6.07) is 9.97. The van der Waals surface area contributed by atoms with E-state index in [0.29, 0.717) is 5.56 Å². The van der Waals surface area contributed by atoms with Gasteiger partial charge in [-0.25, -0.2) is 4.79 Å². The van der Waals surface area contributed by atoms with E-state index in [-0.39, 0.29) is 30.1 Å². The highest BCUT2D eigenvalue weighted by molar-refractivity contribution is 5.88. The van der Waals surface area contributed by atoms with Crippen molar-refractivity contribution in [3.8, 4) is 5.75 Å². The molecule has 0 amide bonds. The van der Waals surface area contributed by atoms with Gasteiger partial charge in [-0.05, 0) is 42.0 Å². The maximum atomic E-state index is 12.4. The Kier molecular flexibility index (Phi) is 5.23. The Morgan fingerprint density at radius 1 is 1.04 bits per heavy atom. The van der Waals surface area contributed by atoms with Crippen molar-refractivity contribution in [2.24, 2.45) is 0 Å². The van der Waals surface area contributed by atoms with E-state index in [1.54, 1.807) is 6.07 Å². The minimum Gasteiger partial charge on any atom is -0.486 e. The van der Waals surface area contributed by atoms with Crippen LogP contribution in [0.25, 0.3) is 0 Å². The van der Waals surface area contributed by atoms with Crippen LogP contribution >= 0.6 is 0 Å². The van der Waals surface area contributed by atoms with E-state index in [0.717, 1.165) is 24.3 Å². The second kappa shape index (κ2) is 7.16. The SMILES string of the molecule is O=C(COc1ccc(C(F)(F)F)cc1)Cc1cccc(C(=O)O)c1. The van der Waals surface area contributed by atoms with Crippen LogP contribution in [0.5, 0.6) is 5.75 Å². The van der Waals surface area contributed by atoms with Crippen LogP contribution in [0.1, 0.15) is 21.5 Å². The predicted octanol–water partition coefficient (Wildman–Crippen LogP) is 3.59. The number of carboxylic acids is 1. The molecule has 2 rings (SSSR count). The standard InChI is InChI=1S/C17H13F3O4/c18-17(19,20)13-4-6-15(7-5-13)24-10-14(21)9-11-2-1-3-12(8-11)16(22)23/h1-8H,9-10H2,(H,22,23). The molecule has 7 heteroatoms. The third kappa shape index (κ3) is 4.84. The van der Waals surface area contributed by atoms with Crippen LogP contribution in [-0.4, -0.2) is 23.5 Å². The summed E-state index contributed by atoms with van der Waals surface area (Å²) in [4.78, 5) is 22.7. The van der Waals surface area contributed by atoms with Gasteiger partial charge in [-0.1, -0.05) is 12.1 Å². The molecule has 0 atom stereocenters. The van der Waals surface area contributed by atoms with Crippen LogP contribution in [0.4, 0.5) is 13.2 Å². The number of alkyl halides is 3. The van der Waals surface area contributed by atoms with Crippen molar-refractivity contribution in [1.29, 1.82) is 0 Å². The van der Waals surface area contributed by atoms with Crippen molar-refractivity contribution in [3.63, 3.8) is 0 Å².